The number of esters is 1. The number of hydrogen-bond donors (Lipinski definition) is 0. The first-order valence-electron chi connectivity index (χ1n) is 8.33. The molecule has 0 aliphatic carbocycles. The second-order valence-corrected chi connectivity index (χ2v) is 11.3. The van der Waals surface area contributed by atoms with Gasteiger partial charge in [-0.05, 0) is 44.1 Å². The van der Waals surface area contributed by atoms with Crippen LogP contribution in [0, 0.1) is 17.8 Å². The topological polar surface area (TPSA) is 35.5 Å². The van der Waals surface area contributed by atoms with Crippen LogP contribution in [0.3, 0.4) is 0 Å². The zero-order valence-corrected chi connectivity index (χ0v) is 16.6. The molecule has 3 nitrogen and oxygen atoms in total. The SMILES string of the molecule is CCOC(=O)C#CC(/C=C/c1ccccc1)(O[Si](C)(C)C)C(C)C. The van der Waals surface area contributed by atoms with Crippen molar-refractivity contribution in [1.82, 2.24) is 0 Å². The molecule has 1 unspecified atom stereocenters. The summed E-state index contributed by atoms with van der Waals surface area (Å²) in [4.78, 5) is 11.7. The summed E-state index contributed by atoms with van der Waals surface area (Å²) >= 11 is 0. The van der Waals surface area contributed by atoms with Crippen molar-refractivity contribution >= 4 is 20.4 Å². The Morgan fingerprint density at radius 2 is 1.88 bits per heavy atom. The van der Waals surface area contributed by atoms with Gasteiger partial charge in [0, 0.05) is 5.92 Å². The third-order valence-electron chi connectivity index (χ3n) is 3.29. The van der Waals surface area contributed by atoms with Gasteiger partial charge in [0.25, 0.3) is 0 Å². The lowest BCUT2D eigenvalue weighted by atomic mass is 9.90. The molecule has 0 aliphatic heterocycles. The monoisotopic (exact) mass is 344 g/mol. The second kappa shape index (κ2) is 8.86. The van der Waals surface area contributed by atoms with Gasteiger partial charge >= 0.3 is 5.97 Å². The van der Waals surface area contributed by atoms with Crippen molar-refractivity contribution in [3.63, 3.8) is 0 Å². The van der Waals surface area contributed by atoms with E-state index >= 15 is 0 Å². The van der Waals surface area contributed by atoms with Crippen LogP contribution in [-0.2, 0) is 14.0 Å². The highest BCUT2D eigenvalue weighted by Gasteiger charge is 2.35. The predicted octanol–water partition coefficient (Wildman–Crippen LogP) is 4.51. The number of ether oxygens (including phenoxy) is 1. The van der Waals surface area contributed by atoms with Crippen molar-refractivity contribution in [3.8, 4) is 11.8 Å². The lowest BCUT2D eigenvalue weighted by Crippen LogP contribution is -2.44. The lowest BCUT2D eigenvalue weighted by Gasteiger charge is -2.36. The maximum absolute atomic E-state index is 11.7. The van der Waals surface area contributed by atoms with Crippen LogP contribution in [0.2, 0.25) is 19.6 Å². The summed E-state index contributed by atoms with van der Waals surface area (Å²) in [6.07, 6.45) is 3.97. The molecule has 1 aromatic carbocycles. The standard InChI is InChI=1S/C20H28O3Si/c1-7-22-19(21)14-16-20(17(2)3,23-24(4,5)6)15-13-18-11-9-8-10-12-18/h8-13,15,17H,7H2,1-6H3/b15-13+. The fraction of sp³-hybridized carbons (Fsp3) is 0.450. The molecule has 0 saturated carbocycles. The van der Waals surface area contributed by atoms with E-state index in [4.69, 9.17) is 9.16 Å². The summed E-state index contributed by atoms with van der Waals surface area (Å²) < 4.78 is 11.3. The molecule has 0 radical (unpaired) electrons. The van der Waals surface area contributed by atoms with Crippen molar-refractivity contribution in [2.24, 2.45) is 5.92 Å². The number of rotatable bonds is 6. The summed E-state index contributed by atoms with van der Waals surface area (Å²) in [6.45, 7) is 12.5. The highest BCUT2D eigenvalue weighted by atomic mass is 28.4. The molecule has 0 aliphatic rings. The quantitative estimate of drug-likeness (QED) is 0.330. The Morgan fingerprint density at radius 3 is 2.38 bits per heavy atom. The van der Waals surface area contributed by atoms with Gasteiger partial charge in [-0.15, -0.1) is 0 Å². The fourth-order valence-electron chi connectivity index (χ4n) is 2.16. The molecular formula is C20H28O3Si. The molecule has 0 amide bonds. The van der Waals surface area contributed by atoms with E-state index in [1.165, 1.54) is 0 Å². The summed E-state index contributed by atoms with van der Waals surface area (Å²) in [5.41, 5.74) is 0.257. The van der Waals surface area contributed by atoms with Gasteiger partial charge in [-0.3, -0.25) is 0 Å². The molecule has 130 valence electrons. The van der Waals surface area contributed by atoms with Gasteiger partial charge in [-0.1, -0.05) is 56.2 Å². The molecule has 0 N–H and O–H groups in total. The number of hydrogen-bond acceptors (Lipinski definition) is 3. The van der Waals surface area contributed by atoms with Crippen LogP contribution in [0.15, 0.2) is 36.4 Å². The Morgan fingerprint density at radius 1 is 1.25 bits per heavy atom. The van der Waals surface area contributed by atoms with Gasteiger partial charge in [0.1, 0.15) is 5.60 Å². The molecule has 1 rings (SSSR count). The molecule has 4 heteroatoms. The van der Waals surface area contributed by atoms with E-state index in [1.54, 1.807) is 6.92 Å². The maximum atomic E-state index is 11.7. The van der Waals surface area contributed by atoms with E-state index in [9.17, 15) is 4.79 Å². The van der Waals surface area contributed by atoms with Gasteiger partial charge in [0.15, 0.2) is 8.32 Å². The molecule has 0 bridgehead atoms. The molecule has 0 aromatic heterocycles. The second-order valence-electron chi connectivity index (χ2n) is 6.88. The third kappa shape index (κ3) is 6.73. The van der Waals surface area contributed by atoms with E-state index < -0.39 is 19.9 Å². The van der Waals surface area contributed by atoms with Crippen LogP contribution in [-0.4, -0.2) is 26.5 Å². The largest absolute Gasteiger partial charge is 0.456 e. The first kappa shape index (κ1) is 20.2. The molecule has 24 heavy (non-hydrogen) atoms. The highest BCUT2D eigenvalue weighted by Crippen LogP contribution is 2.28. The highest BCUT2D eigenvalue weighted by molar-refractivity contribution is 6.69. The molecule has 1 aromatic rings. The van der Waals surface area contributed by atoms with Gasteiger partial charge in [0.05, 0.1) is 6.61 Å². The molecule has 0 fully saturated rings. The average molecular weight is 345 g/mol. The summed E-state index contributed by atoms with van der Waals surface area (Å²) in [6, 6.07) is 10.00. The van der Waals surface area contributed by atoms with Crippen LogP contribution < -0.4 is 0 Å². The Balaban J connectivity index is 3.26. The maximum Gasteiger partial charge on any atom is 0.384 e. The minimum atomic E-state index is -1.89. The summed E-state index contributed by atoms with van der Waals surface area (Å²) in [7, 11) is -1.89. The molecule has 0 saturated heterocycles. The zero-order valence-electron chi connectivity index (χ0n) is 15.6. The van der Waals surface area contributed by atoms with Crippen LogP contribution in [0.4, 0.5) is 0 Å². The number of benzene rings is 1. The average Bonchev–Trinajstić information content (AvgIpc) is 2.50. The smallest absolute Gasteiger partial charge is 0.384 e. The van der Waals surface area contributed by atoms with Crippen molar-refractivity contribution < 1.29 is 14.0 Å². The number of carbonyl (C=O) groups excluding carboxylic acids is 1. The van der Waals surface area contributed by atoms with Crippen molar-refractivity contribution in [2.75, 3.05) is 6.61 Å². The fourth-order valence-corrected chi connectivity index (χ4v) is 3.53. The third-order valence-corrected chi connectivity index (χ3v) is 4.24. The number of carbonyl (C=O) groups is 1. The van der Waals surface area contributed by atoms with Gasteiger partial charge in [-0.2, -0.15) is 0 Å². The zero-order chi connectivity index (χ0) is 18.2. The molecule has 0 heterocycles. The minimum Gasteiger partial charge on any atom is -0.456 e. The molecular weight excluding hydrogens is 316 g/mol. The van der Waals surface area contributed by atoms with Crippen molar-refractivity contribution in [2.45, 2.75) is 46.0 Å². The first-order chi connectivity index (χ1) is 11.2. The van der Waals surface area contributed by atoms with Gasteiger partial charge in [0.2, 0.25) is 0 Å². The normalized spacial score (nSPS) is 14.1. The lowest BCUT2D eigenvalue weighted by molar-refractivity contribution is -0.136. The first-order valence-corrected chi connectivity index (χ1v) is 11.7. The van der Waals surface area contributed by atoms with Crippen LogP contribution in [0.25, 0.3) is 6.08 Å². The Hall–Kier alpha value is -1.83. The Kier molecular flexibility index (Phi) is 7.46. The minimum absolute atomic E-state index is 0.0890. The van der Waals surface area contributed by atoms with Gasteiger partial charge in [-0.25, -0.2) is 4.79 Å². The summed E-state index contributed by atoms with van der Waals surface area (Å²) in [5, 5.41) is 0. The van der Waals surface area contributed by atoms with Crippen LogP contribution >= 0.6 is 0 Å². The van der Waals surface area contributed by atoms with E-state index in [0.29, 0.717) is 6.61 Å². The van der Waals surface area contributed by atoms with Gasteiger partial charge < -0.3 is 9.16 Å². The molecule has 1 atom stereocenters. The van der Waals surface area contributed by atoms with Crippen LogP contribution in [0.1, 0.15) is 26.3 Å². The Labute approximate surface area is 147 Å². The van der Waals surface area contributed by atoms with Crippen molar-refractivity contribution in [3.05, 3.63) is 42.0 Å². The molecule has 0 spiro atoms. The summed E-state index contributed by atoms with van der Waals surface area (Å²) in [5.74, 6) is 5.22. The Bertz CT molecular complexity index is 618. The van der Waals surface area contributed by atoms with E-state index in [1.807, 2.05) is 42.5 Å². The predicted molar refractivity (Wildman–Crippen MR) is 102 cm³/mol. The van der Waals surface area contributed by atoms with E-state index in [2.05, 4.69) is 45.3 Å². The van der Waals surface area contributed by atoms with Crippen molar-refractivity contribution in [1.29, 1.82) is 0 Å². The van der Waals surface area contributed by atoms with E-state index in [0.717, 1.165) is 5.56 Å². The van der Waals surface area contributed by atoms with Crippen LogP contribution in [0.5, 0.6) is 0 Å². The van der Waals surface area contributed by atoms with E-state index in [-0.39, 0.29) is 5.92 Å².